The first-order chi connectivity index (χ1) is 14.3. The number of nitrogens with one attached hydrogen (secondary N) is 1. The number of H-pyrrole nitrogens is 1. The van der Waals surface area contributed by atoms with Crippen LogP contribution < -0.4 is 4.90 Å². The number of rotatable bonds is 4. The summed E-state index contributed by atoms with van der Waals surface area (Å²) in [6.45, 7) is 4.51. The van der Waals surface area contributed by atoms with Crippen LogP contribution in [0.3, 0.4) is 0 Å². The van der Waals surface area contributed by atoms with E-state index in [0.29, 0.717) is 5.92 Å². The van der Waals surface area contributed by atoms with Crippen LogP contribution in [0.5, 0.6) is 0 Å². The molecule has 1 aromatic heterocycles. The molecule has 0 unspecified atom stereocenters. The van der Waals surface area contributed by atoms with Gasteiger partial charge in [0.15, 0.2) is 0 Å². The van der Waals surface area contributed by atoms with Crippen LogP contribution in [0.2, 0.25) is 5.02 Å². The Balaban J connectivity index is 1.18. The normalized spacial score (nSPS) is 22.9. The molecule has 1 N–H and O–H groups in total. The highest BCUT2D eigenvalue weighted by molar-refractivity contribution is 6.30. The Kier molecular flexibility index (Phi) is 5.34. The molecule has 2 aliphatic rings. The molecule has 0 amide bonds. The molecule has 4 heteroatoms. The Morgan fingerprint density at radius 3 is 2.31 bits per heavy atom. The van der Waals surface area contributed by atoms with Gasteiger partial charge in [-0.05, 0) is 61.2 Å². The lowest BCUT2D eigenvalue weighted by molar-refractivity contribution is 0.186. The van der Waals surface area contributed by atoms with Gasteiger partial charge in [0.1, 0.15) is 0 Å². The molecule has 2 aromatic carbocycles. The van der Waals surface area contributed by atoms with Gasteiger partial charge < -0.3 is 9.88 Å². The van der Waals surface area contributed by atoms with Gasteiger partial charge in [-0.1, -0.05) is 41.9 Å². The van der Waals surface area contributed by atoms with Crippen molar-refractivity contribution in [3.63, 3.8) is 0 Å². The van der Waals surface area contributed by atoms with Gasteiger partial charge in [-0.3, -0.25) is 4.90 Å². The predicted molar refractivity (Wildman–Crippen MR) is 122 cm³/mol. The highest BCUT2D eigenvalue weighted by Gasteiger charge is 2.32. The first-order valence-electron chi connectivity index (χ1n) is 10.8. The molecule has 1 saturated carbocycles. The minimum Gasteiger partial charge on any atom is -0.369 e. The molecule has 1 aliphatic carbocycles. The zero-order valence-corrected chi connectivity index (χ0v) is 17.5. The monoisotopic (exact) mass is 405 g/mol. The SMILES string of the molecule is Clc1ccc(N2CCN([C@H]3CC[C@H](c4ccc(-c5ccccc5)[nH]4)C3)CC2)cc1. The molecule has 2 fully saturated rings. The van der Waals surface area contributed by atoms with Gasteiger partial charge in [0.2, 0.25) is 0 Å². The maximum Gasteiger partial charge on any atom is 0.0456 e. The third-order valence-corrected chi connectivity index (χ3v) is 6.91. The van der Waals surface area contributed by atoms with E-state index in [1.165, 1.54) is 41.9 Å². The number of hydrogen-bond donors (Lipinski definition) is 1. The number of aromatic nitrogens is 1. The van der Waals surface area contributed by atoms with Gasteiger partial charge in [0.05, 0.1) is 0 Å². The topological polar surface area (TPSA) is 22.3 Å². The number of nitrogens with zero attached hydrogens (tertiary/aromatic N) is 2. The molecule has 3 nitrogen and oxygen atoms in total. The Hall–Kier alpha value is -2.23. The van der Waals surface area contributed by atoms with Crippen molar-refractivity contribution < 1.29 is 0 Å². The van der Waals surface area contributed by atoms with Crippen molar-refractivity contribution in [2.24, 2.45) is 0 Å². The second-order valence-corrected chi connectivity index (χ2v) is 8.79. The van der Waals surface area contributed by atoms with Gasteiger partial charge in [-0.25, -0.2) is 0 Å². The number of aromatic amines is 1. The fourth-order valence-corrected chi connectivity index (χ4v) is 5.13. The van der Waals surface area contributed by atoms with Gasteiger partial charge in [0, 0.05) is 60.2 Å². The molecule has 0 spiro atoms. The predicted octanol–water partition coefficient (Wildman–Crippen LogP) is 5.79. The Morgan fingerprint density at radius 2 is 1.55 bits per heavy atom. The van der Waals surface area contributed by atoms with E-state index in [4.69, 9.17) is 11.6 Å². The van der Waals surface area contributed by atoms with Crippen molar-refractivity contribution in [2.45, 2.75) is 31.2 Å². The van der Waals surface area contributed by atoms with Gasteiger partial charge in [-0.2, -0.15) is 0 Å². The highest BCUT2D eigenvalue weighted by Crippen LogP contribution is 2.38. The largest absolute Gasteiger partial charge is 0.369 e. The molecule has 5 rings (SSSR count). The van der Waals surface area contributed by atoms with Crippen molar-refractivity contribution >= 4 is 17.3 Å². The van der Waals surface area contributed by atoms with Crippen molar-refractivity contribution in [3.05, 3.63) is 77.4 Å². The van der Waals surface area contributed by atoms with E-state index >= 15 is 0 Å². The van der Waals surface area contributed by atoms with Crippen LogP contribution >= 0.6 is 11.6 Å². The molecular weight excluding hydrogens is 378 g/mol. The summed E-state index contributed by atoms with van der Waals surface area (Å²) in [5.41, 5.74) is 5.21. The smallest absolute Gasteiger partial charge is 0.0456 e. The highest BCUT2D eigenvalue weighted by atomic mass is 35.5. The van der Waals surface area contributed by atoms with Crippen LogP contribution in [0.15, 0.2) is 66.7 Å². The minimum atomic E-state index is 0.659. The maximum absolute atomic E-state index is 6.03. The third-order valence-electron chi connectivity index (χ3n) is 6.66. The molecule has 150 valence electrons. The molecule has 1 aliphatic heterocycles. The zero-order chi connectivity index (χ0) is 19.6. The van der Waals surface area contributed by atoms with Crippen molar-refractivity contribution in [1.82, 2.24) is 9.88 Å². The van der Waals surface area contributed by atoms with Crippen LogP contribution in [0, 0.1) is 0 Å². The van der Waals surface area contributed by atoms with E-state index in [9.17, 15) is 0 Å². The van der Waals surface area contributed by atoms with Crippen LogP contribution in [0.25, 0.3) is 11.3 Å². The number of anilines is 1. The molecule has 29 heavy (non-hydrogen) atoms. The summed E-state index contributed by atoms with van der Waals surface area (Å²) in [7, 11) is 0. The molecule has 1 saturated heterocycles. The van der Waals surface area contributed by atoms with Crippen molar-refractivity contribution in [2.75, 3.05) is 31.1 Å². The lowest BCUT2D eigenvalue weighted by atomic mass is 10.0. The summed E-state index contributed by atoms with van der Waals surface area (Å²) in [5, 5.41) is 0.809. The van der Waals surface area contributed by atoms with E-state index in [2.05, 4.69) is 69.4 Å². The van der Waals surface area contributed by atoms with E-state index in [-0.39, 0.29) is 0 Å². The van der Waals surface area contributed by atoms with Crippen molar-refractivity contribution in [3.8, 4) is 11.3 Å². The lowest BCUT2D eigenvalue weighted by Crippen LogP contribution is -2.49. The van der Waals surface area contributed by atoms with Gasteiger partial charge in [0.25, 0.3) is 0 Å². The van der Waals surface area contributed by atoms with Crippen molar-refractivity contribution in [1.29, 1.82) is 0 Å². The van der Waals surface area contributed by atoms with E-state index in [1.807, 2.05) is 12.1 Å². The average molecular weight is 406 g/mol. The van der Waals surface area contributed by atoms with Crippen LogP contribution in [-0.4, -0.2) is 42.1 Å². The maximum atomic E-state index is 6.03. The summed E-state index contributed by atoms with van der Waals surface area (Å²) >= 11 is 6.03. The third kappa shape index (κ3) is 4.08. The minimum absolute atomic E-state index is 0.659. The van der Waals surface area contributed by atoms with E-state index in [0.717, 1.165) is 37.2 Å². The van der Waals surface area contributed by atoms with Crippen LogP contribution in [-0.2, 0) is 0 Å². The molecule has 3 aromatic rings. The fourth-order valence-electron chi connectivity index (χ4n) is 5.01. The molecule has 2 heterocycles. The van der Waals surface area contributed by atoms with E-state index in [1.54, 1.807) is 0 Å². The number of piperazine rings is 1. The van der Waals surface area contributed by atoms with Crippen LogP contribution in [0.4, 0.5) is 5.69 Å². The van der Waals surface area contributed by atoms with E-state index < -0.39 is 0 Å². The summed E-state index contributed by atoms with van der Waals surface area (Å²) in [6, 6.07) is 24.1. The summed E-state index contributed by atoms with van der Waals surface area (Å²) in [6.07, 6.45) is 3.87. The first kappa shape index (κ1) is 18.8. The average Bonchev–Trinajstić information content (AvgIpc) is 3.45. The zero-order valence-electron chi connectivity index (χ0n) is 16.7. The van der Waals surface area contributed by atoms with Gasteiger partial charge in [-0.15, -0.1) is 0 Å². The summed E-state index contributed by atoms with van der Waals surface area (Å²) < 4.78 is 0. The second kappa shape index (κ2) is 8.25. The standard InChI is InChI=1S/C25H28ClN3/c26-21-7-10-22(11-8-21)28-14-16-29(17-15-28)23-9-6-20(18-23)25-13-12-24(27-25)19-4-2-1-3-5-19/h1-5,7-8,10-13,20,23,27H,6,9,14-18H2/t20-,23-/m0/s1. The lowest BCUT2D eigenvalue weighted by Gasteiger charge is -2.39. The Morgan fingerprint density at radius 1 is 0.793 bits per heavy atom. The summed E-state index contributed by atoms with van der Waals surface area (Å²) in [5.74, 6) is 0.659. The molecule has 0 radical (unpaired) electrons. The van der Waals surface area contributed by atoms with Gasteiger partial charge >= 0.3 is 0 Å². The summed E-state index contributed by atoms with van der Waals surface area (Å²) in [4.78, 5) is 8.89. The fraction of sp³-hybridized carbons (Fsp3) is 0.360. The number of benzene rings is 2. The number of halogens is 1. The number of hydrogen-bond acceptors (Lipinski definition) is 2. The molecule has 2 atom stereocenters. The quantitative estimate of drug-likeness (QED) is 0.593. The van der Waals surface area contributed by atoms with Crippen LogP contribution in [0.1, 0.15) is 30.9 Å². The molecule has 0 bridgehead atoms. The first-order valence-corrected chi connectivity index (χ1v) is 11.1. The second-order valence-electron chi connectivity index (χ2n) is 8.36. The molecular formula is C25H28ClN3. The Labute approximate surface area is 178 Å². The Bertz CT molecular complexity index is 926.